The summed E-state index contributed by atoms with van der Waals surface area (Å²) in [5, 5.41) is 28.0. The van der Waals surface area contributed by atoms with Gasteiger partial charge in [-0.25, -0.2) is 9.78 Å². The van der Waals surface area contributed by atoms with Crippen LogP contribution in [0.2, 0.25) is 0 Å². The minimum Gasteiger partial charge on any atom is -0.508 e. The van der Waals surface area contributed by atoms with E-state index in [-0.39, 0.29) is 17.2 Å². The van der Waals surface area contributed by atoms with Gasteiger partial charge >= 0.3 is 5.97 Å². The van der Waals surface area contributed by atoms with Gasteiger partial charge in [-0.3, -0.25) is 4.40 Å². The Morgan fingerprint density at radius 2 is 1.75 bits per heavy atom. The Balaban J connectivity index is 2.31. The molecule has 0 spiro atoms. The van der Waals surface area contributed by atoms with Crippen molar-refractivity contribution in [3.05, 3.63) is 48.3 Å². The monoisotopic (exact) mass is 270 g/mol. The molecule has 3 aromatic rings. The fourth-order valence-corrected chi connectivity index (χ4v) is 2.04. The lowest BCUT2D eigenvalue weighted by atomic mass is 10.2. The number of aromatic carboxylic acids is 1. The standard InChI is InChI=1S/C14H10N2O4/c17-9-3-1-8(2-4-9)13-15-12(14(19)20)11-7-10(18)5-6-16(11)13/h1-7,17-18H,(H,19,20). The molecule has 0 saturated carbocycles. The lowest BCUT2D eigenvalue weighted by molar-refractivity contribution is 0.0693. The van der Waals surface area contributed by atoms with Crippen LogP contribution in [0.3, 0.4) is 0 Å². The molecule has 20 heavy (non-hydrogen) atoms. The predicted octanol–water partition coefficient (Wildman–Crippen LogP) is 2.11. The number of carbonyl (C=O) groups is 1. The van der Waals surface area contributed by atoms with Crippen LogP contribution in [0.4, 0.5) is 0 Å². The molecule has 0 fully saturated rings. The van der Waals surface area contributed by atoms with Gasteiger partial charge in [0, 0.05) is 17.8 Å². The Hall–Kier alpha value is -3.02. The van der Waals surface area contributed by atoms with E-state index in [1.165, 1.54) is 24.3 Å². The van der Waals surface area contributed by atoms with Crippen LogP contribution in [-0.4, -0.2) is 30.7 Å². The van der Waals surface area contributed by atoms with E-state index in [0.717, 1.165) is 0 Å². The molecule has 6 heteroatoms. The number of fused-ring (bicyclic) bond motifs is 1. The first-order valence-corrected chi connectivity index (χ1v) is 5.80. The number of benzene rings is 1. The molecule has 0 aliphatic carbocycles. The number of rotatable bonds is 2. The first-order chi connectivity index (χ1) is 9.56. The zero-order valence-electron chi connectivity index (χ0n) is 10.2. The highest BCUT2D eigenvalue weighted by molar-refractivity contribution is 5.95. The number of phenols is 1. The third kappa shape index (κ3) is 1.83. The summed E-state index contributed by atoms with van der Waals surface area (Å²) in [5.74, 6) is -0.654. The van der Waals surface area contributed by atoms with E-state index in [1.807, 2.05) is 0 Å². The zero-order chi connectivity index (χ0) is 14.3. The number of carboxylic acid groups (broad SMARTS) is 1. The lowest BCUT2D eigenvalue weighted by Gasteiger charge is -2.01. The fraction of sp³-hybridized carbons (Fsp3) is 0. The Kier molecular flexibility index (Phi) is 2.57. The van der Waals surface area contributed by atoms with E-state index in [1.54, 1.807) is 22.7 Å². The summed E-state index contributed by atoms with van der Waals surface area (Å²) in [6, 6.07) is 9.07. The molecular formula is C14H10N2O4. The van der Waals surface area contributed by atoms with Gasteiger partial charge in [-0.15, -0.1) is 0 Å². The zero-order valence-corrected chi connectivity index (χ0v) is 10.2. The molecule has 6 nitrogen and oxygen atoms in total. The Morgan fingerprint density at radius 1 is 1.05 bits per heavy atom. The second-order valence-corrected chi connectivity index (χ2v) is 4.28. The molecule has 2 heterocycles. The number of phenolic OH excluding ortho intramolecular Hbond substituents is 1. The summed E-state index contributed by atoms with van der Waals surface area (Å²) < 4.78 is 1.58. The van der Waals surface area contributed by atoms with Crippen molar-refractivity contribution in [2.24, 2.45) is 0 Å². The van der Waals surface area contributed by atoms with Gasteiger partial charge < -0.3 is 15.3 Å². The number of aromatic nitrogens is 2. The van der Waals surface area contributed by atoms with Crippen molar-refractivity contribution in [1.29, 1.82) is 0 Å². The Labute approximate surface area is 113 Å². The van der Waals surface area contributed by atoms with Gasteiger partial charge in [-0.1, -0.05) is 0 Å². The van der Waals surface area contributed by atoms with E-state index in [2.05, 4.69) is 4.98 Å². The third-order valence-electron chi connectivity index (χ3n) is 2.96. The number of carboxylic acids is 1. The van der Waals surface area contributed by atoms with Gasteiger partial charge in [0.1, 0.15) is 17.3 Å². The molecule has 2 aromatic heterocycles. The van der Waals surface area contributed by atoms with Crippen LogP contribution in [0.15, 0.2) is 42.6 Å². The number of nitrogens with zero attached hydrogens (tertiary/aromatic N) is 2. The normalized spacial score (nSPS) is 10.8. The van der Waals surface area contributed by atoms with Gasteiger partial charge in [-0.05, 0) is 30.3 Å². The molecule has 0 aliphatic heterocycles. The Bertz CT molecular complexity index is 806. The van der Waals surface area contributed by atoms with Gasteiger partial charge in [-0.2, -0.15) is 0 Å². The second kappa shape index (κ2) is 4.27. The third-order valence-corrected chi connectivity index (χ3v) is 2.96. The smallest absolute Gasteiger partial charge is 0.356 e. The van der Waals surface area contributed by atoms with Gasteiger partial charge in [0.25, 0.3) is 0 Å². The number of hydrogen-bond donors (Lipinski definition) is 3. The van der Waals surface area contributed by atoms with Crippen LogP contribution in [0, 0.1) is 0 Å². The molecule has 0 amide bonds. The van der Waals surface area contributed by atoms with Crippen LogP contribution >= 0.6 is 0 Å². The van der Waals surface area contributed by atoms with Crippen molar-refractivity contribution in [2.75, 3.05) is 0 Å². The SMILES string of the molecule is O=C(O)c1nc(-c2ccc(O)cc2)n2ccc(O)cc12. The minimum absolute atomic E-state index is 0.0304. The molecule has 1 aromatic carbocycles. The number of aromatic hydroxyl groups is 2. The molecule has 3 rings (SSSR count). The average Bonchev–Trinajstić information content (AvgIpc) is 2.78. The van der Waals surface area contributed by atoms with Gasteiger partial charge in [0.15, 0.2) is 5.69 Å². The number of imidazole rings is 1. The van der Waals surface area contributed by atoms with Crippen LogP contribution < -0.4 is 0 Å². The maximum absolute atomic E-state index is 11.2. The summed E-state index contributed by atoms with van der Waals surface area (Å²) >= 11 is 0. The molecule has 100 valence electrons. The van der Waals surface area contributed by atoms with Crippen LogP contribution in [0.25, 0.3) is 16.9 Å². The quantitative estimate of drug-likeness (QED) is 0.663. The van der Waals surface area contributed by atoms with Crippen molar-refractivity contribution >= 4 is 11.5 Å². The Morgan fingerprint density at radius 3 is 2.40 bits per heavy atom. The van der Waals surface area contributed by atoms with Crippen LogP contribution in [0.5, 0.6) is 11.5 Å². The van der Waals surface area contributed by atoms with Crippen LogP contribution in [0.1, 0.15) is 10.5 Å². The summed E-state index contributed by atoms with van der Waals surface area (Å²) in [6.07, 6.45) is 1.55. The second-order valence-electron chi connectivity index (χ2n) is 4.28. The maximum atomic E-state index is 11.2. The molecular weight excluding hydrogens is 260 g/mol. The van der Waals surface area contributed by atoms with E-state index >= 15 is 0 Å². The van der Waals surface area contributed by atoms with E-state index in [0.29, 0.717) is 16.9 Å². The maximum Gasteiger partial charge on any atom is 0.356 e. The molecule has 0 radical (unpaired) electrons. The highest BCUT2D eigenvalue weighted by Gasteiger charge is 2.18. The number of hydrogen-bond acceptors (Lipinski definition) is 4. The molecule has 0 aliphatic rings. The molecule has 3 N–H and O–H groups in total. The molecule has 0 bridgehead atoms. The molecule has 0 unspecified atom stereocenters. The van der Waals surface area contributed by atoms with Crippen LogP contribution in [-0.2, 0) is 0 Å². The fourth-order valence-electron chi connectivity index (χ4n) is 2.04. The van der Waals surface area contributed by atoms with Crippen molar-refractivity contribution in [3.63, 3.8) is 0 Å². The van der Waals surface area contributed by atoms with Crippen molar-refractivity contribution in [3.8, 4) is 22.9 Å². The van der Waals surface area contributed by atoms with Crippen molar-refractivity contribution < 1.29 is 20.1 Å². The highest BCUT2D eigenvalue weighted by atomic mass is 16.4. The largest absolute Gasteiger partial charge is 0.508 e. The molecule has 0 saturated heterocycles. The van der Waals surface area contributed by atoms with Crippen molar-refractivity contribution in [2.45, 2.75) is 0 Å². The van der Waals surface area contributed by atoms with Crippen molar-refractivity contribution in [1.82, 2.24) is 9.38 Å². The molecule has 0 atom stereocenters. The minimum atomic E-state index is -1.17. The van der Waals surface area contributed by atoms with Gasteiger partial charge in [0.05, 0.1) is 5.52 Å². The first kappa shape index (κ1) is 12.0. The summed E-state index contributed by atoms with van der Waals surface area (Å²) in [7, 11) is 0. The summed E-state index contributed by atoms with van der Waals surface area (Å²) in [5.41, 5.74) is 0.834. The predicted molar refractivity (Wildman–Crippen MR) is 70.9 cm³/mol. The summed E-state index contributed by atoms with van der Waals surface area (Å²) in [6.45, 7) is 0. The van der Waals surface area contributed by atoms with E-state index in [4.69, 9.17) is 0 Å². The van der Waals surface area contributed by atoms with E-state index < -0.39 is 5.97 Å². The highest BCUT2D eigenvalue weighted by Crippen LogP contribution is 2.26. The lowest BCUT2D eigenvalue weighted by Crippen LogP contribution is -1.97. The van der Waals surface area contributed by atoms with Gasteiger partial charge in [0.2, 0.25) is 0 Å². The topological polar surface area (TPSA) is 95.1 Å². The number of pyridine rings is 1. The van der Waals surface area contributed by atoms with E-state index in [9.17, 15) is 20.1 Å². The average molecular weight is 270 g/mol. The first-order valence-electron chi connectivity index (χ1n) is 5.80. The summed E-state index contributed by atoms with van der Waals surface area (Å²) in [4.78, 5) is 15.3.